The molecule has 18 heavy (non-hydrogen) atoms. The maximum Gasteiger partial charge on any atom is 0.417 e. The van der Waals surface area contributed by atoms with Crippen LogP contribution in [0.3, 0.4) is 0 Å². The Morgan fingerprint density at radius 1 is 1.39 bits per heavy atom. The standard InChI is InChI=1S/C12H15F3N2O/c1-8-10(3-2-6-16-8)18-11-5-4-9(7-17-11)12(13,14)15/h4-5,7-8,10,16H,2-3,6H2,1H3/t8-,10+/m0/s1. The summed E-state index contributed by atoms with van der Waals surface area (Å²) in [5, 5.41) is 3.26. The van der Waals surface area contributed by atoms with Crippen molar-refractivity contribution in [1.82, 2.24) is 10.3 Å². The lowest BCUT2D eigenvalue weighted by atomic mass is 10.0. The molecule has 0 bridgehead atoms. The molecule has 1 aromatic heterocycles. The largest absolute Gasteiger partial charge is 0.473 e. The number of rotatable bonds is 2. The molecule has 1 N–H and O–H groups in total. The first kappa shape index (κ1) is 13.1. The van der Waals surface area contributed by atoms with Crippen LogP contribution in [-0.2, 0) is 6.18 Å². The van der Waals surface area contributed by atoms with E-state index < -0.39 is 11.7 Å². The fourth-order valence-electron chi connectivity index (χ4n) is 1.95. The van der Waals surface area contributed by atoms with E-state index in [1.807, 2.05) is 6.92 Å². The van der Waals surface area contributed by atoms with Gasteiger partial charge in [-0.05, 0) is 32.4 Å². The Labute approximate surface area is 103 Å². The van der Waals surface area contributed by atoms with Crippen molar-refractivity contribution in [3.05, 3.63) is 23.9 Å². The highest BCUT2D eigenvalue weighted by Gasteiger charge is 2.31. The summed E-state index contributed by atoms with van der Waals surface area (Å²) in [5.74, 6) is 0.239. The number of nitrogens with one attached hydrogen (secondary N) is 1. The molecule has 3 nitrogen and oxygen atoms in total. The van der Waals surface area contributed by atoms with Gasteiger partial charge in [-0.1, -0.05) is 0 Å². The summed E-state index contributed by atoms with van der Waals surface area (Å²) in [4.78, 5) is 3.70. The van der Waals surface area contributed by atoms with Crippen LogP contribution in [0.5, 0.6) is 5.88 Å². The Bertz CT molecular complexity index is 391. The van der Waals surface area contributed by atoms with E-state index in [1.165, 1.54) is 6.07 Å². The first-order valence-electron chi connectivity index (χ1n) is 5.90. The molecule has 100 valence electrons. The van der Waals surface area contributed by atoms with Crippen molar-refractivity contribution in [2.75, 3.05) is 6.54 Å². The third kappa shape index (κ3) is 3.13. The van der Waals surface area contributed by atoms with E-state index in [1.54, 1.807) is 0 Å². The molecule has 0 spiro atoms. The second-order valence-corrected chi connectivity index (χ2v) is 4.42. The first-order chi connectivity index (χ1) is 8.47. The van der Waals surface area contributed by atoms with Crippen LogP contribution in [0.2, 0.25) is 0 Å². The summed E-state index contributed by atoms with van der Waals surface area (Å²) in [6.07, 6.45) is -1.71. The van der Waals surface area contributed by atoms with Gasteiger partial charge < -0.3 is 10.1 Å². The number of pyridine rings is 1. The van der Waals surface area contributed by atoms with Gasteiger partial charge in [0, 0.05) is 18.3 Å². The van der Waals surface area contributed by atoms with Crippen LogP contribution >= 0.6 is 0 Å². The summed E-state index contributed by atoms with van der Waals surface area (Å²) < 4.78 is 42.6. The third-order valence-corrected chi connectivity index (χ3v) is 3.03. The Morgan fingerprint density at radius 2 is 2.17 bits per heavy atom. The Kier molecular flexibility index (Phi) is 3.75. The summed E-state index contributed by atoms with van der Waals surface area (Å²) in [5.41, 5.74) is -0.760. The zero-order chi connectivity index (χ0) is 13.2. The molecule has 0 saturated carbocycles. The number of hydrogen-bond acceptors (Lipinski definition) is 3. The van der Waals surface area contributed by atoms with E-state index in [4.69, 9.17) is 4.74 Å². The van der Waals surface area contributed by atoms with Gasteiger partial charge in [0.25, 0.3) is 0 Å². The number of ether oxygens (including phenoxy) is 1. The molecule has 6 heteroatoms. The SMILES string of the molecule is C[C@@H]1NCCC[C@H]1Oc1ccc(C(F)(F)F)cn1. The maximum atomic E-state index is 12.3. The Morgan fingerprint density at radius 3 is 2.72 bits per heavy atom. The number of nitrogens with zero attached hydrogens (tertiary/aromatic N) is 1. The molecular formula is C12H15F3N2O. The Balaban J connectivity index is 2.02. The van der Waals surface area contributed by atoms with Crippen LogP contribution in [-0.4, -0.2) is 23.7 Å². The lowest BCUT2D eigenvalue weighted by Crippen LogP contribution is -2.45. The molecule has 0 unspecified atom stereocenters. The van der Waals surface area contributed by atoms with Crippen LogP contribution in [0.25, 0.3) is 0 Å². The van der Waals surface area contributed by atoms with Crippen LogP contribution in [0, 0.1) is 0 Å². The van der Waals surface area contributed by atoms with Crippen molar-refractivity contribution >= 4 is 0 Å². The van der Waals surface area contributed by atoms with Crippen LogP contribution < -0.4 is 10.1 Å². The third-order valence-electron chi connectivity index (χ3n) is 3.03. The maximum absolute atomic E-state index is 12.3. The van der Waals surface area contributed by atoms with Gasteiger partial charge in [-0.25, -0.2) is 4.98 Å². The quantitative estimate of drug-likeness (QED) is 0.887. The normalized spacial score (nSPS) is 24.9. The minimum Gasteiger partial charge on any atom is -0.473 e. The highest BCUT2D eigenvalue weighted by atomic mass is 19.4. The summed E-state index contributed by atoms with van der Waals surface area (Å²) in [6.45, 7) is 2.94. The number of aromatic nitrogens is 1. The van der Waals surface area contributed by atoms with Crippen molar-refractivity contribution in [3.63, 3.8) is 0 Å². The zero-order valence-corrected chi connectivity index (χ0v) is 10.00. The van der Waals surface area contributed by atoms with E-state index in [9.17, 15) is 13.2 Å². The average Bonchev–Trinajstić information content (AvgIpc) is 2.32. The molecule has 0 aromatic carbocycles. The second kappa shape index (κ2) is 5.14. The van der Waals surface area contributed by atoms with E-state index >= 15 is 0 Å². The minimum atomic E-state index is -4.36. The van der Waals surface area contributed by atoms with Crippen molar-refractivity contribution in [2.45, 2.75) is 38.1 Å². The lowest BCUT2D eigenvalue weighted by molar-refractivity contribution is -0.137. The number of alkyl halides is 3. The number of hydrogen-bond donors (Lipinski definition) is 1. The highest BCUT2D eigenvalue weighted by molar-refractivity contribution is 5.20. The zero-order valence-electron chi connectivity index (χ0n) is 10.00. The molecule has 2 atom stereocenters. The topological polar surface area (TPSA) is 34.1 Å². The molecule has 2 rings (SSSR count). The average molecular weight is 260 g/mol. The van der Waals surface area contributed by atoms with Gasteiger partial charge in [-0.3, -0.25) is 0 Å². The van der Waals surface area contributed by atoms with Gasteiger partial charge in [0.05, 0.1) is 5.56 Å². The number of piperidine rings is 1. The van der Waals surface area contributed by atoms with Gasteiger partial charge in [0.2, 0.25) is 5.88 Å². The highest BCUT2D eigenvalue weighted by Crippen LogP contribution is 2.29. The van der Waals surface area contributed by atoms with Gasteiger partial charge in [-0.15, -0.1) is 0 Å². The van der Waals surface area contributed by atoms with Gasteiger partial charge in [0.1, 0.15) is 6.10 Å². The molecule has 2 heterocycles. The van der Waals surface area contributed by atoms with Gasteiger partial charge >= 0.3 is 6.18 Å². The monoisotopic (exact) mass is 260 g/mol. The fourth-order valence-corrected chi connectivity index (χ4v) is 1.95. The van der Waals surface area contributed by atoms with Gasteiger partial charge in [-0.2, -0.15) is 13.2 Å². The van der Waals surface area contributed by atoms with E-state index in [0.29, 0.717) is 0 Å². The van der Waals surface area contributed by atoms with Crippen LogP contribution in [0.4, 0.5) is 13.2 Å². The minimum absolute atomic E-state index is 0.0389. The van der Waals surface area contributed by atoms with Crippen molar-refractivity contribution in [1.29, 1.82) is 0 Å². The summed E-state index contributed by atoms with van der Waals surface area (Å²) in [7, 11) is 0. The molecule has 0 amide bonds. The van der Waals surface area contributed by atoms with Gasteiger partial charge in [0.15, 0.2) is 0 Å². The fraction of sp³-hybridized carbons (Fsp3) is 0.583. The molecule has 0 aliphatic carbocycles. The van der Waals surface area contributed by atoms with E-state index in [2.05, 4.69) is 10.3 Å². The molecule has 1 saturated heterocycles. The van der Waals surface area contributed by atoms with E-state index in [0.717, 1.165) is 31.6 Å². The molecule has 1 fully saturated rings. The van der Waals surface area contributed by atoms with E-state index in [-0.39, 0.29) is 18.0 Å². The molecule has 0 radical (unpaired) electrons. The van der Waals surface area contributed by atoms with Crippen molar-refractivity contribution in [2.24, 2.45) is 0 Å². The predicted octanol–water partition coefficient (Wildman–Crippen LogP) is 2.62. The lowest BCUT2D eigenvalue weighted by Gasteiger charge is -2.29. The second-order valence-electron chi connectivity index (χ2n) is 4.42. The van der Waals surface area contributed by atoms with Crippen LogP contribution in [0.15, 0.2) is 18.3 Å². The van der Waals surface area contributed by atoms with Crippen LogP contribution in [0.1, 0.15) is 25.3 Å². The molecule has 1 aliphatic heterocycles. The molecule has 1 aliphatic rings. The number of halogens is 3. The molecule has 1 aromatic rings. The first-order valence-corrected chi connectivity index (χ1v) is 5.90. The predicted molar refractivity (Wildman–Crippen MR) is 60.4 cm³/mol. The smallest absolute Gasteiger partial charge is 0.417 e. The summed E-state index contributed by atoms with van der Waals surface area (Å²) in [6, 6.07) is 2.44. The summed E-state index contributed by atoms with van der Waals surface area (Å²) >= 11 is 0. The molecular weight excluding hydrogens is 245 g/mol. The Hall–Kier alpha value is -1.30. The van der Waals surface area contributed by atoms with Crippen molar-refractivity contribution < 1.29 is 17.9 Å². The van der Waals surface area contributed by atoms with Crippen molar-refractivity contribution in [3.8, 4) is 5.88 Å².